The number of carboxylic acid groups (broad SMARTS) is 3. The topological polar surface area (TPSA) is 244 Å². The zero-order chi connectivity index (χ0) is 46.4. The zero-order valence-corrected chi connectivity index (χ0v) is 32.0. The first-order valence-electron chi connectivity index (χ1n) is 17.3. The van der Waals surface area contributed by atoms with Crippen LogP contribution in [0.25, 0.3) is 0 Å². The summed E-state index contributed by atoms with van der Waals surface area (Å²) < 4.78 is 95.2. The summed E-state index contributed by atoms with van der Waals surface area (Å²) in [4.78, 5) is 59.6. The van der Waals surface area contributed by atoms with Gasteiger partial charge < -0.3 is 36.2 Å². The second-order valence-electron chi connectivity index (χ2n) is 12.7. The van der Waals surface area contributed by atoms with Gasteiger partial charge >= 0.3 is 36.4 Å². The predicted octanol–water partition coefficient (Wildman–Crippen LogP) is 7.52. The lowest BCUT2D eigenvalue weighted by Crippen LogP contribution is -2.35. The lowest BCUT2D eigenvalue weighted by molar-refractivity contribution is -0.193. The number of nitriles is 1. The maximum atomic E-state index is 13.2. The number of benzene rings is 1. The summed E-state index contributed by atoms with van der Waals surface area (Å²) in [5.74, 6) is -6.27. The van der Waals surface area contributed by atoms with E-state index in [1.807, 2.05) is 36.5 Å². The molecule has 4 aromatic rings. The van der Waals surface area contributed by atoms with Crippen molar-refractivity contribution in [3.05, 3.63) is 82.9 Å². The minimum atomic E-state index is -5.08. The average molecular weight is 908 g/mol. The maximum absolute atomic E-state index is 13.2. The highest BCUT2D eigenvalue weighted by atomic mass is 35.5. The van der Waals surface area contributed by atoms with Gasteiger partial charge in [0.1, 0.15) is 10.8 Å². The SMILES string of the molecule is N#Cc1ccnc(N2CCC(CC(=O)Nc3ccc4cc3CCc3cncc(c3)Nc3ncc(Cl)c(n3)N4)CC2)c1.O=C(O)C(F)(F)F.O=C(O)C(F)(F)F.O=C(O)C(F)(F)F. The lowest BCUT2D eigenvalue weighted by atomic mass is 9.93. The Morgan fingerprint density at radius 1 is 0.806 bits per heavy atom. The Kier molecular flexibility index (Phi) is 17.1. The van der Waals surface area contributed by atoms with Crippen LogP contribution in [0.5, 0.6) is 0 Å². The Morgan fingerprint density at radius 2 is 1.40 bits per heavy atom. The van der Waals surface area contributed by atoms with Crippen LogP contribution in [-0.2, 0) is 32.0 Å². The largest absolute Gasteiger partial charge is 0.490 e. The molecule has 332 valence electrons. The summed E-state index contributed by atoms with van der Waals surface area (Å²) in [5, 5.41) is 40.6. The molecule has 1 fully saturated rings. The Bertz CT molecular complexity index is 2210. The van der Waals surface area contributed by atoms with Gasteiger partial charge in [-0.15, -0.1) is 0 Å². The molecule has 0 spiro atoms. The van der Waals surface area contributed by atoms with E-state index in [1.165, 1.54) is 0 Å². The molecule has 1 amide bonds. The van der Waals surface area contributed by atoms with Crippen LogP contribution in [0.15, 0.2) is 61.2 Å². The third-order valence-electron chi connectivity index (χ3n) is 8.13. The van der Waals surface area contributed by atoms with Crippen molar-refractivity contribution in [2.24, 2.45) is 5.92 Å². The van der Waals surface area contributed by atoms with Gasteiger partial charge in [-0.3, -0.25) is 9.78 Å². The summed E-state index contributed by atoms with van der Waals surface area (Å²) in [7, 11) is 0. The fraction of sp³-hybridized carbons (Fsp3) is 0.306. The Labute approximate surface area is 348 Å². The molecule has 3 aromatic heterocycles. The molecule has 1 saturated heterocycles. The van der Waals surface area contributed by atoms with Crippen molar-refractivity contribution in [2.75, 3.05) is 33.9 Å². The van der Waals surface area contributed by atoms with E-state index in [0.29, 0.717) is 35.2 Å². The van der Waals surface area contributed by atoms with Crippen LogP contribution in [0.3, 0.4) is 0 Å². The predicted molar refractivity (Wildman–Crippen MR) is 200 cm³/mol. The molecule has 0 aliphatic carbocycles. The molecule has 2 aliphatic heterocycles. The summed E-state index contributed by atoms with van der Waals surface area (Å²) >= 11 is 6.38. The number of carboxylic acids is 3. The van der Waals surface area contributed by atoms with Crippen LogP contribution in [-0.4, -0.2) is 90.7 Å². The minimum absolute atomic E-state index is 0.00396. The number of nitrogens with one attached hydrogen (secondary N) is 3. The first-order chi connectivity index (χ1) is 28.8. The molecule has 6 bridgehead atoms. The number of amides is 1. The van der Waals surface area contributed by atoms with E-state index in [2.05, 4.69) is 46.9 Å². The number of alkyl halides is 9. The molecule has 5 heterocycles. The molecule has 6 rings (SSSR count). The number of hydrogen-bond acceptors (Lipinski definition) is 12. The smallest absolute Gasteiger partial charge is 0.475 e. The summed E-state index contributed by atoms with van der Waals surface area (Å²) in [6.07, 6.45) is -4.77. The van der Waals surface area contributed by atoms with Crippen LogP contribution in [0, 0.1) is 17.2 Å². The van der Waals surface area contributed by atoms with Crippen LogP contribution >= 0.6 is 11.6 Å². The number of aromatic nitrogens is 4. The number of hydrogen-bond donors (Lipinski definition) is 6. The molecular formula is C36H31ClF9N9O7. The van der Waals surface area contributed by atoms with E-state index in [1.54, 1.807) is 24.7 Å². The highest BCUT2D eigenvalue weighted by molar-refractivity contribution is 6.32. The lowest BCUT2D eigenvalue weighted by Gasteiger charge is -2.32. The number of carbonyl (C=O) groups excluding carboxylic acids is 1. The summed E-state index contributed by atoms with van der Waals surface area (Å²) in [5.41, 5.74) is 5.06. The van der Waals surface area contributed by atoms with Gasteiger partial charge in [-0.05, 0) is 79.1 Å². The van der Waals surface area contributed by atoms with Gasteiger partial charge in [0.05, 0.1) is 29.7 Å². The first-order valence-corrected chi connectivity index (χ1v) is 17.7. The van der Waals surface area contributed by atoms with E-state index in [4.69, 9.17) is 41.3 Å². The van der Waals surface area contributed by atoms with Gasteiger partial charge in [0, 0.05) is 43.3 Å². The Hall–Kier alpha value is -6.97. The number of halogens is 10. The molecule has 0 unspecified atom stereocenters. The first kappa shape index (κ1) is 49.4. The highest BCUT2D eigenvalue weighted by Crippen LogP contribution is 2.31. The molecule has 1 aromatic carbocycles. The number of nitrogens with zero attached hydrogens (tertiary/aromatic N) is 6. The van der Waals surface area contributed by atoms with Gasteiger partial charge in [-0.2, -0.15) is 49.8 Å². The van der Waals surface area contributed by atoms with Crippen LogP contribution in [0.4, 0.5) is 74.2 Å². The van der Waals surface area contributed by atoms with E-state index >= 15 is 0 Å². The number of rotatable bonds is 4. The van der Waals surface area contributed by atoms with Gasteiger partial charge in [0.15, 0.2) is 5.82 Å². The van der Waals surface area contributed by atoms with Crippen LogP contribution < -0.4 is 20.9 Å². The quantitative estimate of drug-likeness (QED) is 0.108. The fourth-order valence-electron chi connectivity index (χ4n) is 5.24. The number of piperidine rings is 1. The molecule has 2 aliphatic rings. The van der Waals surface area contributed by atoms with E-state index in [9.17, 15) is 49.6 Å². The number of aryl methyl sites for hydroxylation is 2. The van der Waals surface area contributed by atoms with Crippen molar-refractivity contribution >= 4 is 70.1 Å². The van der Waals surface area contributed by atoms with E-state index in [-0.39, 0.29) is 11.8 Å². The summed E-state index contributed by atoms with van der Waals surface area (Å²) in [6, 6.07) is 13.6. The molecule has 16 nitrogen and oxygen atoms in total. The van der Waals surface area contributed by atoms with Gasteiger partial charge in [-0.1, -0.05) is 11.6 Å². The van der Waals surface area contributed by atoms with Gasteiger partial charge in [-0.25, -0.2) is 24.4 Å². The van der Waals surface area contributed by atoms with Gasteiger partial charge in [0.2, 0.25) is 11.9 Å². The number of fused-ring (bicyclic) bond motifs is 6. The minimum Gasteiger partial charge on any atom is -0.475 e. The molecule has 0 saturated carbocycles. The van der Waals surface area contributed by atoms with Crippen molar-refractivity contribution in [1.82, 2.24) is 19.9 Å². The monoisotopic (exact) mass is 907 g/mol. The third-order valence-corrected chi connectivity index (χ3v) is 8.41. The Balaban J connectivity index is 0.000000403. The standard InChI is InChI=1S/C30H28ClN9O.3C2HF3O2/c31-25-18-35-30-37-24-11-21(16-33-17-24)1-2-22-14-23(36-29(25)39-30)3-4-26(22)38-28(41)13-19-6-9-40(10-7-19)27-12-20(15-32)5-8-34-27;3*3-2(4,5)1(6)7/h3-5,8,11-12,14,16-19H,1-2,6-7,9-10,13H2,(H,38,41)(H2,35,36,37,39);3*(H,6,7). The van der Waals surface area contributed by atoms with E-state index in [0.717, 1.165) is 66.4 Å². The van der Waals surface area contributed by atoms with Crippen molar-refractivity contribution in [3.63, 3.8) is 0 Å². The molecular weight excluding hydrogens is 877 g/mol. The molecule has 0 atom stereocenters. The number of pyridine rings is 2. The maximum Gasteiger partial charge on any atom is 0.490 e. The number of anilines is 6. The van der Waals surface area contributed by atoms with Crippen molar-refractivity contribution in [1.29, 1.82) is 5.26 Å². The molecule has 0 radical (unpaired) electrons. The normalized spacial score (nSPS) is 13.6. The Morgan fingerprint density at radius 3 is 1.97 bits per heavy atom. The molecule has 6 N–H and O–H groups in total. The third kappa shape index (κ3) is 16.2. The number of carbonyl (C=O) groups is 4. The van der Waals surface area contributed by atoms with Crippen LogP contribution in [0.2, 0.25) is 5.02 Å². The number of aliphatic carboxylic acids is 3. The van der Waals surface area contributed by atoms with Crippen molar-refractivity contribution in [3.8, 4) is 6.07 Å². The zero-order valence-electron chi connectivity index (χ0n) is 31.2. The van der Waals surface area contributed by atoms with E-state index < -0.39 is 36.4 Å². The second-order valence-corrected chi connectivity index (χ2v) is 13.1. The molecule has 26 heteroatoms. The summed E-state index contributed by atoms with van der Waals surface area (Å²) in [6.45, 7) is 1.61. The fourth-order valence-corrected chi connectivity index (χ4v) is 5.38. The van der Waals surface area contributed by atoms with Crippen molar-refractivity contribution < 1.29 is 74.0 Å². The average Bonchev–Trinajstić information content (AvgIpc) is 3.19. The van der Waals surface area contributed by atoms with Gasteiger partial charge in [0.25, 0.3) is 0 Å². The van der Waals surface area contributed by atoms with Crippen molar-refractivity contribution in [2.45, 2.75) is 50.6 Å². The second kappa shape index (κ2) is 21.5. The highest BCUT2D eigenvalue weighted by Gasteiger charge is 2.39. The molecule has 62 heavy (non-hydrogen) atoms. The van der Waals surface area contributed by atoms with Crippen LogP contribution in [0.1, 0.15) is 36.0 Å².